The van der Waals surface area contributed by atoms with E-state index in [4.69, 9.17) is 5.11 Å². The molecule has 0 aliphatic heterocycles. The predicted octanol–water partition coefficient (Wildman–Crippen LogP) is 3.40. The summed E-state index contributed by atoms with van der Waals surface area (Å²) in [5.41, 5.74) is 2.17. The first-order valence-electron chi connectivity index (χ1n) is 6.77. The van der Waals surface area contributed by atoms with Gasteiger partial charge in [-0.05, 0) is 37.1 Å². The van der Waals surface area contributed by atoms with Crippen molar-refractivity contribution in [1.29, 1.82) is 0 Å². The second kappa shape index (κ2) is 7.74. The van der Waals surface area contributed by atoms with Crippen LogP contribution in [-0.2, 0) is 11.3 Å². The van der Waals surface area contributed by atoms with Crippen molar-refractivity contribution in [2.45, 2.75) is 39.3 Å². The summed E-state index contributed by atoms with van der Waals surface area (Å²) < 4.78 is 0. The van der Waals surface area contributed by atoms with Gasteiger partial charge in [-0.3, -0.25) is 4.90 Å². The van der Waals surface area contributed by atoms with Crippen molar-refractivity contribution < 1.29 is 9.90 Å². The number of hydrogen-bond donors (Lipinski definition) is 1. The fourth-order valence-corrected chi connectivity index (χ4v) is 2.23. The summed E-state index contributed by atoms with van der Waals surface area (Å²) in [7, 11) is 2.15. The van der Waals surface area contributed by atoms with Gasteiger partial charge in [0.1, 0.15) is 0 Å². The summed E-state index contributed by atoms with van der Waals surface area (Å²) in [5.74, 6) is -0.919. The highest BCUT2D eigenvalue weighted by atomic mass is 16.4. The molecular weight excluding hydrogens is 238 g/mol. The summed E-state index contributed by atoms with van der Waals surface area (Å²) in [4.78, 5) is 12.8. The van der Waals surface area contributed by atoms with Crippen LogP contribution in [0.3, 0.4) is 0 Å². The van der Waals surface area contributed by atoms with E-state index in [1.54, 1.807) is 6.08 Å². The standard InChI is InChI=1S/C16H23NO2/c1-4-15(5-2)17(3)12-14-8-6-13(7-9-14)10-11-16(18)19/h6-11,15H,4-5,12H2,1-3H3,(H,18,19)/b11-10+. The number of carboxylic acid groups (broad SMARTS) is 1. The van der Waals surface area contributed by atoms with Gasteiger partial charge in [0.15, 0.2) is 0 Å². The van der Waals surface area contributed by atoms with Gasteiger partial charge in [-0.1, -0.05) is 38.1 Å². The Balaban J connectivity index is 2.64. The molecular formula is C16H23NO2. The lowest BCUT2D eigenvalue weighted by Crippen LogP contribution is -2.29. The van der Waals surface area contributed by atoms with E-state index < -0.39 is 5.97 Å². The minimum atomic E-state index is -0.919. The Morgan fingerprint density at radius 3 is 2.32 bits per heavy atom. The number of rotatable bonds is 7. The molecule has 0 unspecified atom stereocenters. The van der Waals surface area contributed by atoms with Gasteiger partial charge in [-0.15, -0.1) is 0 Å². The Bertz CT molecular complexity index is 419. The van der Waals surface area contributed by atoms with Gasteiger partial charge in [-0.25, -0.2) is 4.79 Å². The van der Waals surface area contributed by atoms with Crippen molar-refractivity contribution in [3.8, 4) is 0 Å². The van der Waals surface area contributed by atoms with Crippen LogP contribution >= 0.6 is 0 Å². The normalized spacial score (nSPS) is 11.6. The van der Waals surface area contributed by atoms with E-state index in [9.17, 15) is 4.79 Å². The number of benzene rings is 1. The van der Waals surface area contributed by atoms with Gasteiger partial charge in [0, 0.05) is 18.7 Å². The van der Waals surface area contributed by atoms with Crippen LogP contribution in [0.2, 0.25) is 0 Å². The second-order valence-electron chi connectivity index (χ2n) is 4.80. The monoisotopic (exact) mass is 261 g/mol. The second-order valence-corrected chi connectivity index (χ2v) is 4.80. The molecule has 0 aromatic heterocycles. The highest BCUT2D eigenvalue weighted by Crippen LogP contribution is 2.12. The first-order valence-corrected chi connectivity index (χ1v) is 6.77. The summed E-state index contributed by atoms with van der Waals surface area (Å²) >= 11 is 0. The first kappa shape index (κ1) is 15.4. The Morgan fingerprint density at radius 1 is 1.26 bits per heavy atom. The summed E-state index contributed by atoms with van der Waals surface area (Å²) in [6, 6.07) is 8.64. The smallest absolute Gasteiger partial charge is 0.328 e. The maximum atomic E-state index is 10.4. The molecule has 19 heavy (non-hydrogen) atoms. The lowest BCUT2D eigenvalue weighted by Gasteiger charge is -2.26. The molecule has 0 bridgehead atoms. The minimum Gasteiger partial charge on any atom is -0.478 e. The van der Waals surface area contributed by atoms with Crippen molar-refractivity contribution in [1.82, 2.24) is 4.90 Å². The van der Waals surface area contributed by atoms with Crippen molar-refractivity contribution in [2.75, 3.05) is 7.05 Å². The van der Waals surface area contributed by atoms with Crippen LogP contribution in [0.1, 0.15) is 37.8 Å². The largest absolute Gasteiger partial charge is 0.478 e. The molecule has 104 valence electrons. The Hall–Kier alpha value is -1.61. The van der Waals surface area contributed by atoms with Gasteiger partial charge in [0.2, 0.25) is 0 Å². The third-order valence-corrected chi connectivity index (χ3v) is 3.40. The van der Waals surface area contributed by atoms with Crippen LogP contribution in [0.4, 0.5) is 0 Å². The van der Waals surface area contributed by atoms with E-state index in [2.05, 4.69) is 37.9 Å². The highest BCUT2D eigenvalue weighted by Gasteiger charge is 2.10. The van der Waals surface area contributed by atoms with E-state index in [-0.39, 0.29) is 0 Å². The van der Waals surface area contributed by atoms with Gasteiger partial charge in [0.05, 0.1) is 0 Å². The average molecular weight is 261 g/mol. The molecule has 0 spiro atoms. The van der Waals surface area contributed by atoms with E-state index in [0.717, 1.165) is 31.0 Å². The maximum Gasteiger partial charge on any atom is 0.328 e. The van der Waals surface area contributed by atoms with Gasteiger partial charge in [-0.2, -0.15) is 0 Å². The van der Waals surface area contributed by atoms with Crippen molar-refractivity contribution >= 4 is 12.0 Å². The molecule has 0 radical (unpaired) electrons. The Labute approximate surface area is 115 Å². The van der Waals surface area contributed by atoms with Crippen LogP contribution < -0.4 is 0 Å². The molecule has 1 N–H and O–H groups in total. The fourth-order valence-electron chi connectivity index (χ4n) is 2.23. The predicted molar refractivity (Wildman–Crippen MR) is 78.9 cm³/mol. The third-order valence-electron chi connectivity index (χ3n) is 3.40. The molecule has 0 fully saturated rings. The topological polar surface area (TPSA) is 40.5 Å². The lowest BCUT2D eigenvalue weighted by molar-refractivity contribution is -0.131. The Morgan fingerprint density at radius 2 is 1.84 bits per heavy atom. The SMILES string of the molecule is CCC(CC)N(C)Cc1ccc(/C=C/C(=O)O)cc1. The van der Waals surface area contributed by atoms with Crippen molar-refractivity contribution in [3.05, 3.63) is 41.5 Å². The molecule has 1 aromatic carbocycles. The molecule has 3 heteroatoms. The van der Waals surface area contributed by atoms with Crippen LogP contribution in [0.25, 0.3) is 6.08 Å². The van der Waals surface area contributed by atoms with E-state index >= 15 is 0 Å². The fraction of sp³-hybridized carbons (Fsp3) is 0.438. The quantitative estimate of drug-likeness (QED) is 0.765. The zero-order valence-electron chi connectivity index (χ0n) is 12.0. The minimum absolute atomic E-state index is 0.617. The molecule has 0 aliphatic carbocycles. The number of carbonyl (C=O) groups is 1. The van der Waals surface area contributed by atoms with Crippen molar-refractivity contribution in [2.24, 2.45) is 0 Å². The summed E-state index contributed by atoms with van der Waals surface area (Å²) in [6.07, 6.45) is 5.08. The van der Waals surface area contributed by atoms with E-state index in [0.29, 0.717) is 6.04 Å². The lowest BCUT2D eigenvalue weighted by atomic mass is 10.1. The molecule has 0 heterocycles. The number of hydrogen-bond acceptors (Lipinski definition) is 2. The van der Waals surface area contributed by atoms with E-state index in [1.165, 1.54) is 5.56 Å². The summed E-state index contributed by atoms with van der Waals surface area (Å²) in [6.45, 7) is 5.35. The Kier molecular flexibility index (Phi) is 6.30. The average Bonchev–Trinajstić information content (AvgIpc) is 2.39. The van der Waals surface area contributed by atoms with E-state index in [1.807, 2.05) is 12.1 Å². The molecule has 3 nitrogen and oxygen atoms in total. The summed E-state index contributed by atoms with van der Waals surface area (Å²) in [5, 5.41) is 8.57. The highest BCUT2D eigenvalue weighted by molar-refractivity contribution is 5.85. The van der Waals surface area contributed by atoms with Crippen LogP contribution in [-0.4, -0.2) is 29.1 Å². The van der Waals surface area contributed by atoms with Crippen LogP contribution in [0.15, 0.2) is 30.3 Å². The third kappa shape index (κ3) is 5.26. The van der Waals surface area contributed by atoms with Crippen LogP contribution in [0, 0.1) is 0 Å². The molecule has 0 atom stereocenters. The van der Waals surface area contributed by atoms with Crippen LogP contribution in [0.5, 0.6) is 0 Å². The number of aliphatic carboxylic acids is 1. The number of nitrogens with zero attached hydrogens (tertiary/aromatic N) is 1. The first-order chi connectivity index (χ1) is 9.06. The molecule has 0 saturated carbocycles. The molecule has 0 amide bonds. The zero-order valence-corrected chi connectivity index (χ0v) is 12.0. The zero-order chi connectivity index (χ0) is 14.3. The number of carboxylic acids is 1. The maximum absolute atomic E-state index is 10.4. The van der Waals surface area contributed by atoms with Gasteiger partial charge < -0.3 is 5.11 Å². The van der Waals surface area contributed by atoms with Gasteiger partial charge >= 0.3 is 5.97 Å². The molecule has 0 saturated heterocycles. The molecule has 1 rings (SSSR count). The molecule has 1 aromatic rings. The van der Waals surface area contributed by atoms with Crippen molar-refractivity contribution in [3.63, 3.8) is 0 Å². The van der Waals surface area contributed by atoms with Gasteiger partial charge in [0.25, 0.3) is 0 Å². The molecule has 0 aliphatic rings.